The highest BCUT2D eigenvalue weighted by Crippen LogP contribution is 2.28. The van der Waals surface area contributed by atoms with Gasteiger partial charge in [0.25, 0.3) is 5.91 Å². The molecule has 21 heavy (non-hydrogen) atoms. The molecule has 2 heterocycles. The topological polar surface area (TPSA) is 71.2 Å². The van der Waals surface area contributed by atoms with Gasteiger partial charge in [-0.05, 0) is 24.7 Å². The molecule has 0 saturated carbocycles. The van der Waals surface area contributed by atoms with Crippen LogP contribution in [0.1, 0.15) is 49.7 Å². The number of carbonyl (C=O) groups excluding carboxylic acids is 1. The molecule has 118 valence electrons. The molecule has 5 nitrogen and oxygen atoms in total. The second kappa shape index (κ2) is 7.11. The number of nitrogen functional groups attached to an aromatic ring is 1. The van der Waals surface area contributed by atoms with Crippen molar-refractivity contribution in [2.24, 2.45) is 11.8 Å². The normalized spacial score (nSPS) is 16.5. The molecule has 1 saturated heterocycles. The Balaban J connectivity index is 1.99. The summed E-state index contributed by atoms with van der Waals surface area (Å²) in [4.78, 5) is 19.3. The first kappa shape index (κ1) is 16.1. The van der Waals surface area contributed by atoms with E-state index in [9.17, 15) is 4.79 Å². The number of nitrogens with one attached hydrogen (secondary N) is 1. The average Bonchev–Trinajstić information content (AvgIpc) is 2.85. The fourth-order valence-corrected chi connectivity index (χ4v) is 3.40. The van der Waals surface area contributed by atoms with Crippen molar-refractivity contribution in [2.45, 2.75) is 40.0 Å². The quantitative estimate of drug-likeness (QED) is 0.877. The van der Waals surface area contributed by atoms with Gasteiger partial charge >= 0.3 is 0 Å². The Kier molecular flexibility index (Phi) is 5.45. The number of nitrogens with zero attached hydrogens (tertiary/aromatic N) is 2. The highest BCUT2D eigenvalue weighted by atomic mass is 32.1. The van der Waals surface area contributed by atoms with Crippen LogP contribution in [0.2, 0.25) is 0 Å². The first-order valence-corrected chi connectivity index (χ1v) is 8.62. The third-order valence-electron chi connectivity index (χ3n) is 3.99. The van der Waals surface area contributed by atoms with Crippen LogP contribution in [0.3, 0.4) is 0 Å². The van der Waals surface area contributed by atoms with Crippen molar-refractivity contribution in [2.75, 3.05) is 30.7 Å². The minimum absolute atomic E-state index is 0.0390. The Labute approximate surface area is 130 Å². The fourth-order valence-electron chi connectivity index (χ4n) is 2.54. The molecule has 1 aliphatic heterocycles. The van der Waals surface area contributed by atoms with Gasteiger partial charge in [-0.25, -0.2) is 4.98 Å². The molecule has 0 atom stereocenters. The molecule has 0 radical (unpaired) electrons. The van der Waals surface area contributed by atoms with E-state index >= 15 is 0 Å². The van der Waals surface area contributed by atoms with Crippen molar-refractivity contribution in [3.05, 3.63) is 4.88 Å². The lowest BCUT2D eigenvalue weighted by Gasteiger charge is -2.31. The number of hydrogen-bond donors (Lipinski definition) is 2. The minimum Gasteiger partial charge on any atom is -0.382 e. The van der Waals surface area contributed by atoms with Crippen molar-refractivity contribution < 1.29 is 4.79 Å². The molecule has 0 aliphatic carbocycles. The number of carbonyl (C=O) groups is 1. The van der Waals surface area contributed by atoms with E-state index in [0.29, 0.717) is 16.6 Å². The minimum atomic E-state index is 0.0390. The van der Waals surface area contributed by atoms with Crippen LogP contribution in [0.5, 0.6) is 0 Å². The number of hydrogen-bond acceptors (Lipinski definition) is 5. The standard InChI is InChI=1S/C15H26N4OS/c1-4-11-5-7-19(8-6-11)14(20)12-13(16)18-15(21-12)17-9-10(2)3/h10-11H,4-9,16H2,1-3H3,(H,17,18). The van der Waals surface area contributed by atoms with Gasteiger partial charge in [0.2, 0.25) is 0 Å². The molecule has 1 fully saturated rings. The average molecular weight is 310 g/mol. The van der Waals surface area contributed by atoms with Crippen molar-refractivity contribution in [3.63, 3.8) is 0 Å². The zero-order valence-electron chi connectivity index (χ0n) is 13.2. The molecular weight excluding hydrogens is 284 g/mol. The van der Waals surface area contributed by atoms with Gasteiger partial charge < -0.3 is 16.0 Å². The number of nitrogens with two attached hydrogens (primary N) is 1. The van der Waals surface area contributed by atoms with Gasteiger partial charge in [-0.3, -0.25) is 4.79 Å². The third kappa shape index (κ3) is 4.09. The molecule has 0 aromatic carbocycles. The molecule has 1 aliphatic rings. The van der Waals surface area contributed by atoms with Crippen molar-refractivity contribution >= 4 is 28.2 Å². The maximum atomic E-state index is 12.6. The van der Waals surface area contributed by atoms with Crippen LogP contribution >= 0.6 is 11.3 Å². The Morgan fingerprint density at radius 1 is 1.48 bits per heavy atom. The number of thiazole rings is 1. The van der Waals surface area contributed by atoms with E-state index in [1.165, 1.54) is 17.8 Å². The Hall–Kier alpha value is -1.30. The Bertz CT molecular complexity index is 478. The van der Waals surface area contributed by atoms with Crippen LogP contribution in [-0.2, 0) is 0 Å². The molecule has 0 bridgehead atoms. The Morgan fingerprint density at radius 2 is 2.14 bits per heavy atom. The lowest BCUT2D eigenvalue weighted by molar-refractivity contribution is 0.0694. The van der Waals surface area contributed by atoms with Crippen LogP contribution in [0.4, 0.5) is 10.9 Å². The van der Waals surface area contributed by atoms with Gasteiger partial charge in [-0.1, -0.05) is 38.5 Å². The molecular formula is C15H26N4OS. The van der Waals surface area contributed by atoms with Gasteiger partial charge in [0, 0.05) is 19.6 Å². The first-order valence-electron chi connectivity index (χ1n) is 7.80. The number of aromatic nitrogens is 1. The number of anilines is 2. The second-order valence-electron chi connectivity index (χ2n) is 6.15. The van der Waals surface area contributed by atoms with Gasteiger partial charge in [0.1, 0.15) is 10.7 Å². The summed E-state index contributed by atoms with van der Waals surface area (Å²) in [6.45, 7) is 8.99. The third-order valence-corrected chi connectivity index (χ3v) is 5.01. The number of amides is 1. The molecule has 1 aromatic heterocycles. The van der Waals surface area contributed by atoms with E-state index in [2.05, 4.69) is 31.1 Å². The second-order valence-corrected chi connectivity index (χ2v) is 7.15. The zero-order valence-corrected chi connectivity index (χ0v) is 14.0. The highest BCUT2D eigenvalue weighted by molar-refractivity contribution is 7.18. The molecule has 1 amide bonds. The lowest BCUT2D eigenvalue weighted by Crippen LogP contribution is -2.38. The van der Waals surface area contributed by atoms with Crippen molar-refractivity contribution in [1.82, 2.24) is 9.88 Å². The van der Waals surface area contributed by atoms with E-state index in [-0.39, 0.29) is 5.91 Å². The monoisotopic (exact) mass is 310 g/mol. The summed E-state index contributed by atoms with van der Waals surface area (Å²) in [5.74, 6) is 1.68. The Morgan fingerprint density at radius 3 is 2.71 bits per heavy atom. The maximum absolute atomic E-state index is 12.6. The summed E-state index contributed by atoms with van der Waals surface area (Å²) in [5.41, 5.74) is 5.92. The van der Waals surface area contributed by atoms with Crippen molar-refractivity contribution in [3.8, 4) is 0 Å². The van der Waals surface area contributed by atoms with E-state index < -0.39 is 0 Å². The summed E-state index contributed by atoms with van der Waals surface area (Å²) in [5, 5.41) is 3.98. The molecule has 0 spiro atoms. The maximum Gasteiger partial charge on any atom is 0.267 e. The molecule has 3 N–H and O–H groups in total. The molecule has 0 unspecified atom stereocenters. The summed E-state index contributed by atoms with van der Waals surface area (Å²) in [7, 11) is 0. The van der Waals surface area contributed by atoms with Crippen LogP contribution < -0.4 is 11.1 Å². The highest BCUT2D eigenvalue weighted by Gasteiger charge is 2.26. The first-order chi connectivity index (χ1) is 10.0. The molecule has 6 heteroatoms. The van der Waals surface area contributed by atoms with Crippen LogP contribution in [0, 0.1) is 11.8 Å². The van der Waals surface area contributed by atoms with Gasteiger partial charge in [0.05, 0.1) is 0 Å². The predicted molar refractivity (Wildman–Crippen MR) is 88.8 cm³/mol. The number of piperidine rings is 1. The summed E-state index contributed by atoms with van der Waals surface area (Å²) in [6, 6.07) is 0. The fraction of sp³-hybridized carbons (Fsp3) is 0.733. The van der Waals surface area contributed by atoms with E-state index in [4.69, 9.17) is 5.73 Å². The predicted octanol–water partition coefficient (Wildman–Crippen LogP) is 3.06. The van der Waals surface area contributed by atoms with Gasteiger partial charge in [0.15, 0.2) is 5.13 Å². The summed E-state index contributed by atoms with van der Waals surface area (Å²) in [6.07, 6.45) is 3.40. The van der Waals surface area contributed by atoms with Gasteiger partial charge in [-0.2, -0.15) is 0 Å². The largest absolute Gasteiger partial charge is 0.382 e. The summed E-state index contributed by atoms with van der Waals surface area (Å²) < 4.78 is 0. The molecule has 1 aromatic rings. The SMILES string of the molecule is CCC1CCN(C(=O)c2sc(NCC(C)C)nc2N)CC1. The van der Waals surface area contributed by atoms with Gasteiger partial charge in [-0.15, -0.1) is 0 Å². The lowest BCUT2D eigenvalue weighted by atomic mass is 9.94. The summed E-state index contributed by atoms with van der Waals surface area (Å²) >= 11 is 1.37. The van der Waals surface area contributed by atoms with Crippen LogP contribution in [0.15, 0.2) is 0 Å². The van der Waals surface area contributed by atoms with E-state index in [0.717, 1.165) is 43.5 Å². The smallest absolute Gasteiger partial charge is 0.267 e. The van der Waals surface area contributed by atoms with E-state index in [1.807, 2.05) is 4.90 Å². The number of rotatable bonds is 5. The zero-order chi connectivity index (χ0) is 15.4. The van der Waals surface area contributed by atoms with Crippen LogP contribution in [0.25, 0.3) is 0 Å². The van der Waals surface area contributed by atoms with E-state index in [1.54, 1.807) is 0 Å². The van der Waals surface area contributed by atoms with Crippen LogP contribution in [-0.4, -0.2) is 35.4 Å². The molecule has 2 rings (SSSR count). The number of likely N-dealkylation sites (tertiary alicyclic amines) is 1. The van der Waals surface area contributed by atoms with Crippen molar-refractivity contribution in [1.29, 1.82) is 0 Å².